The number of hydrogen-bond acceptors (Lipinski definition) is 4. The van der Waals surface area contributed by atoms with Crippen LogP contribution in [-0.2, 0) is 21.4 Å². The van der Waals surface area contributed by atoms with E-state index in [1.54, 1.807) is 11.0 Å². The van der Waals surface area contributed by atoms with Crippen molar-refractivity contribution in [1.82, 2.24) is 14.1 Å². The van der Waals surface area contributed by atoms with E-state index in [4.69, 9.17) is 11.6 Å². The van der Waals surface area contributed by atoms with Gasteiger partial charge in [-0.3, -0.25) is 9.69 Å². The fourth-order valence-corrected chi connectivity index (χ4v) is 5.62. The molecule has 37 heavy (non-hydrogen) atoms. The lowest BCUT2D eigenvalue weighted by Gasteiger charge is -2.35. The highest BCUT2D eigenvalue weighted by Gasteiger charge is 2.30. The first-order chi connectivity index (χ1) is 17.8. The van der Waals surface area contributed by atoms with Crippen LogP contribution in [-0.4, -0.2) is 67.7 Å². The van der Waals surface area contributed by atoms with Crippen molar-refractivity contribution in [3.63, 3.8) is 0 Å². The van der Waals surface area contributed by atoms with Crippen LogP contribution >= 0.6 is 11.6 Å². The van der Waals surface area contributed by atoms with Crippen molar-refractivity contribution in [2.24, 2.45) is 0 Å². The van der Waals surface area contributed by atoms with Gasteiger partial charge in [0.1, 0.15) is 5.82 Å². The lowest BCUT2D eigenvalue weighted by molar-refractivity contribution is -0.133. The minimum absolute atomic E-state index is 0.00365. The smallest absolute Gasteiger partial charge is 0.243 e. The number of rotatable bonds is 9. The molecule has 0 atom stereocenters. The third kappa shape index (κ3) is 7.26. The summed E-state index contributed by atoms with van der Waals surface area (Å²) in [5.74, 6) is -0.836. The standard InChI is InChI=1S/C28H29ClFN3O3S/c29-25-12-14-26(15-13-25)37(35,36)33(21-24-10-4-5-11-27(24)30)22-28(34)32-19-17-31(18-20-32)16-6-9-23-7-2-1-3-8-23/h1-15H,16-22H2/b9-6+. The van der Waals surface area contributed by atoms with Crippen molar-refractivity contribution in [2.75, 3.05) is 39.3 Å². The van der Waals surface area contributed by atoms with E-state index in [-0.39, 0.29) is 29.5 Å². The van der Waals surface area contributed by atoms with E-state index in [1.807, 2.05) is 30.3 Å². The van der Waals surface area contributed by atoms with Crippen molar-refractivity contribution in [2.45, 2.75) is 11.4 Å². The minimum atomic E-state index is -4.07. The number of nitrogens with zero attached hydrogens (tertiary/aromatic N) is 3. The molecule has 3 aromatic rings. The fourth-order valence-electron chi connectivity index (χ4n) is 4.13. The summed E-state index contributed by atoms with van der Waals surface area (Å²) in [5.41, 5.74) is 1.33. The van der Waals surface area contributed by atoms with Gasteiger partial charge in [0, 0.05) is 49.9 Å². The summed E-state index contributed by atoms with van der Waals surface area (Å²) in [4.78, 5) is 17.1. The predicted octanol–water partition coefficient (Wildman–Crippen LogP) is 4.53. The SMILES string of the molecule is O=C(CN(Cc1ccccc1F)S(=O)(=O)c1ccc(Cl)cc1)N1CCN(C/C=C/c2ccccc2)CC1. The van der Waals surface area contributed by atoms with Gasteiger partial charge >= 0.3 is 0 Å². The molecule has 0 unspecified atom stereocenters. The van der Waals surface area contributed by atoms with Crippen LogP contribution in [0.1, 0.15) is 11.1 Å². The maximum absolute atomic E-state index is 14.4. The molecule has 1 aliphatic heterocycles. The molecule has 1 aliphatic rings. The molecule has 0 aliphatic carbocycles. The molecule has 0 saturated carbocycles. The summed E-state index contributed by atoms with van der Waals surface area (Å²) in [5, 5.41) is 0.396. The molecule has 3 aromatic carbocycles. The quantitative estimate of drug-likeness (QED) is 0.399. The topological polar surface area (TPSA) is 60.9 Å². The summed E-state index contributed by atoms with van der Waals surface area (Å²) in [7, 11) is -4.07. The summed E-state index contributed by atoms with van der Waals surface area (Å²) in [6, 6.07) is 21.7. The number of carbonyl (C=O) groups is 1. The highest BCUT2D eigenvalue weighted by molar-refractivity contribution is 7.89. The zero-order valence-corrected chi connectivity index (χ0v) is 21.9. The third-order valence-electron chi connectivity index (χ3n) is 6.27. The maximum atomic E-state index is 14.4. The van der Waals surface area contributed by atoms with Gasteiger partial charge in [0.2, 0.25) is 15.9 Å². The number of benzene rings is 3. The Balaban J connectivity index is 1.41. The summed E-state index contributed by atoms with van der Waals surface area (Å²) >= 11 is 5.93. The van der Waals surface area contributed by atoms with Gasteiger partial charge in [0.15, 0.2) is 0 Å². The number of piperazine rings is 1. The molecule has 1 amide bonds. The van der Waals surface area contributed by atoms with Gasteiger partial charge < -0.3 is 4.90 Å². The van der Waals surface area contributed by atoms with Crippen LogP contribution in [0, 0.1) is 5.82 Å². The van der Waals surface area contributed by atoms with Crippen LogP contribution in [0.4, 0.5) is 4.39 Å². The number of carbonyl (C=O) groups excluding carboxylic acids is 1. The first-order valence-electron chi connectivity index (χ1n) is 12.0. The van der Waals surface area contributed by atoms with Crippen LogP contribution in [0.2, 0.25) is 5.02 Å². The lowest BCUT2D eigenvalue weighted by Crippen LogP contribution is -2.51. The molecule has 0 N–H and O–H groups in total. The number of amides is 1. The minimum Gasteiger partial charge on any atom is -0.339 e. The molecule has 0 aromatic heterocycles. The van der Waals surface area contributed by atoms with E-state index in [0.29, 0.717) is 31.2 Å². The van der Waals surface area contributed by atoms with Crippen LogP contribution in [0.25, 0.3) is 6.08 Å². The highest BCUT2D eigenvalue weighted by atomic mass is 35.5. The molecular weight excluding hydrogens is 513 g/mol. The molecule has 1 fully saturated rings. The van der Waals surface area contributed by atoms with Gasteiger partial charge in [0.05, 0.1) is 11.4 Å². The van der Waals surface area contributed by atoms with Crippen molar-refractivity contribution in [3.05, 3.63) is 107 Å². The zero-order valence-electron chi connectivity index (χ0n) is 20.3. The Bertz CT molecular complexity index is 1330. The molecule has 6 nitrogen and oxygen atoms in total. The Labute approximate surface area is 222 Å². The Morgan fingerprint density at radius 3 is 2.24 bits per heavy atom. The normalized spacial score (nSPS) is 14.9. The van der Waals surface area contributed by atoms with E-state index in [1.165, 1.54) is 42.5 Å². The van der Waals surface area contributed by atoms with Crippen LogP contribution in [0.15, 0.2) is 89.8 Å². The lowest BCUT2D eigenvalue weighted by atomic mass is 10.2. The first-order valence-corrected chi connectivity index (χ1v) is 13.9. The molecular formula is C28H29ClFN3O3S. The van der Waals surface area contributed by atoms with Gasteiger partial charge in [-0.2, -0.15) is 4.31 Å². The van der Waals surface area contributed by atoms with Gasteiger partial charge in [0.25, 0.3) is 0 Å². The first kappa shape index (κ1) is 27.0. The van der Waals surface area contributed by atoms with Crippen molar-refractivity contribution >= 4 is 33.6 Å². The fraction of sp³-hybridized carbons (Fsp3) is 0.250. The number of hydrogen-bond donors (Lipinski definition) is 0. The van der Waals surface area contributed by atoms with Crippen LogP contribution < -0.4 is 0 Å². The van der Waals surface area contributed by atoms with Crippen molar-refractivity contribution < 1.29 is 17.6 Å². The second-order valence-corrected chi connectivity index (χ2v) is 11.2. The van der Waals surface area contributed by atoms with Crippen molar-refractivity contribution in [1.29, 1.82) is 0 Å². The Hall–Kier alpha value is -3.04. The second-order valence-electron chi connectivity index (χ2n) is 8.81. The van der Waals surface area contributed by atoms with E-state index < -0.39 is 15.8 Å². The summed E-state index contributed by atoms with van der Waals surface area (Å²) in [6.45, 7) is 2.48. The molecule has 0 spiro atoms. The average Bonchev–Trinajstić information content (AvgIpc) is 2.90. The van der Waals surface area contributed by atoms with Crippen LogP contribution in [0.5, 0.6) is 0 Å². The largest absolute Gasteiger partial charge is 0.339 e. The van der Waals surface area contributed by atoms with E-state index in [2.05, 4.69) is 17.1 Å². The Morgan fingerprint density at radius 2 is 1.57 bits per heavy atom. The summed E-state index contributed by atoms with van der Waals surface area (Å²) < 4.78 is 42.3. The molecule has 0 radical (unpaired) electrons. The van der Waals surface area contributed by atoms with Crippen LogP contribution in [0.3, 0.4) is 0 Å². The van der Waals surface area contributed by atoms with Gasteiger partial charge in [-0.15, -0.1) is 0 Å². The van der Waals surface area contributed by atoms with Gasteiger partial charge in [-0.05, 0) is 35.9 Å². The molecule has 194 valence electrons. The van der Waals surface area contributed by atoms with Gasteiger partial charge in [-0.1, -0.05) is 72.3 Å². The summed E-state index contributed by atoms with van der Waals surface area (Å²) in [6.07, 6.45) is 4.17. The van der Waals surface area contributed by atoms with E-state index in [9.17, 15) is 17.6 Å². The third-order valence-corrected chi connectivity index (χ3v) is 8.32. The maximum Gasteiger partial charge on any atom is 0.243 e. The molecule has 0 bridgehead atoms. The van der Waals surface area contributed by atoms with E-state index in [0.717, 1.165) is 16.4 Å². The molecule has 4 rings (SSSR count). The average molecular weight is 542 g/mol. The number of halogens is 2. The highest BCUT2D eigenvalue weighted by Crippen LogP contribution is 2.22. The monoisotopic (exact) mass is 541 g/mol. The zero-order chi connectivity index (χ0) is 26.3. The Kier molecular flexibility index (Phi) is 9.10. The molecule has 1 saturated heterocycles. The van der Waals surface area contributed by atoms with Gasteiger partial charge in [-0.25, -0.2) is 12.8 Å². The Morgan fingerprint density at radius 1 is 0.919 bits per heavy atom. The second kappa shape index (κ2) is 12.5. The predicted molar refractivity (Wildman–Crippen MR) is 144 cm³/mol. The molecule has 9 heteroatoms. The van der Waals surface area contributed by atoms with Crippen molar-refractivity contribution in [3.8, 4) is 0 Å². The molecule has 1 heterocycles. The number of sulfonamides is 1. The van der Waals surface area contributed by atoms with E-state index >= 15 is 0 Å².